The van der Waals surface area contributed by atoms with Crippen molar-refractivity contribution in [3.8, 4) is 22.3 Å². The van der Waals surface area contributed by atoms with Crippen LogP contribution in [-0.2, 0) is 0 Å². The predicted molar refractivity (Wildman–Crippen MR) is 156 cm³/mol. The summed E-state index contributed by atoms with van der Waals surface area (Å²) in [6.45, 7) is 0. The molecule has 37 heavy (non-hydrogen) atoms. The van der Waals surface area contributed by atoms with E-state index in [9.17, 15) is 0 Å². The molecule has 0 radical (unpaired) electrons. The van der Waals surface area contributed by atoms with Gasteiger partial charge in [0.15, 0.2) is 0 Å². The van der Waals surface area contributed by atoms with E-state index in [0.29, 0.717) is 5.92 Å². The molecule has 5 aromatic rings. The lowest BCUT2D eigenvalue weighted by Crippen LogP contribution is -2.29. The summed E-state index contributed by atoms with van der Waals surface area (Å²) >= 11 is 0. The third-order valence-electron chi connectivity index (χ3n) is 7.61. The molecule has 176 valence electrons. The summed E-state index contributed by atoms with van der Waals surface area (Å²) in [7, 11) is 0. The monoisotopic (exact) mass is 473 g/mol. The maximum absolute atomic E-state index is 2.51. The lowest BCUT2D eigenvalue weighted by atomic mass is 9.86. The van der Waals surface area contributed by atoms with E-state index in [4.69, 9.17) is 0 Å². The first-order valence-electron chi connectivity index (χ1n) is 12.9. The second-order valence-corrected chi connectivity index (χ2v) is 9.79. The Morgan fingerprint density at radius 2 is 1.08 bits per heavy atom. The van der Waals surface area contributed by atoms with Crippen LogP contribution in [0.2, 0.25) is 0 Å². The SMILES string of the molecule is C1=CC2c3ccccc3N(c3ccc(-c4ccccc4)cc3)C2C=C1c1cccc(-c2ccccc2)c1. The lowest BCUT2D eigenvalue weighted by Gasteiger charge is -2.30. The molecule has 2 aliphatic rings. The zero-order valence-electron chi connectivity index (χ0n) is 20.5. The molecule has 7 rings (SSSR count). The first kappa shape index (κ1) is 21.6. The van der Waals surface area contributed by atoms with Crippen LogP contribution in [0.15, 0.2) is 152 Å². The molecule has 1 heterocycles. The Morgan fingerprint density at radius 1 is 0.486 bits per heavy atom. The first-order valence-corrected chi connectivity index (χ1v) is 12.9. The maximum Gasteiger partial charge on any atom is 0.0635 e. The van der Waals surface area contributed by atoms with E-state index in [-0.39, 0.29) is 6.04 Å². The molecule has 2 atom stereocenters. The second kappa shape index (κ2) is 9.11. The second-order valence-electron chi connectivity index (χ2n) is 9.79. The van der Waals surface area contributed by atoms with Crippen molar-refractivity contribution in [1.82, 2.24) is 0 Å². The number of hydrogen-bond donors (Lipinski definition) is 0. The minimum atomic E-state index is 0.236. The van der Waals surface area contributed by atoms with E-state index in [2.05, 4.69) is 157 Å². The smallest absolute Gasteiger partial charge is 0.0635 e. The van der Waals surface area contributed by atoms with Gasteiger partial charge in [0.25, 0.3) is 0 Å². The molecule has 2 unspecified atom stereocenters. The molecule has 1 aliphatic carbocycles. The third-order valence-corrected chi connectivity index (χ3v) is 7.61. The summed E-state index contributed by atoms with van der Waals surface area (Å²) in [5, 5.41) is 0. The number of nitrogens with zero attached hydrogens (tertiary/aromatic N) is 1. The lowest BCUT2D eigenvalue weighted by molar-refractivity contribution is 0.747. The molecule has 0 amide bonds. The van der Waals surface area contributed by atoms with Gasteiger partial charge < -0.3 is 4.90 Å². The van der Waals surface area contributed by atoms with Crippen molar-refractivity contribution in [2.45, 2.75) is 12.0 Å². The number of hydrogen-bond acceptors (Lipinski definition) is 1. The molecule has 0 saturated carbocycles. The van der Waals surface area contributed by atoms with Crippen LogP contribution in [0.4, 0.5) is 11.4 Å². The normalized spacial score (nSPS) is 17.7. The summed E-state index contributed by atoms with van der Waals surface area (Å²) in [6, 6.07) is 48.2. The Labute approximate surface area is 218 Å². The molecule has 1 aliphatic heterocycles. The molecule has 1 nitrogen and oxygen atoms in total. The van der Waals surface area contributed by atoms with Gasteiger partial charge in [0.05, 0.1) is 6.04 Å². The number of anilines is 2. The van der Waals surface area contributed by atoms with Crippen molar-refractivity contribution >= 4 is 16.9 Å². The minimum Gasteiger partial charge on any atom is -0.333 e. The Hall–Kier alpha value is -4.62. The summed E-state index contributed by atoms with van der Waals surface area (Å²) in [6.07, 6.45) is 7.16. The van der Waals surface area contributed by atoms with E-state index < -0.39 is 0 Å². The molecule has 0 fully saturated rings. The fourth-order valence-corrected chi connectivity index (χ4v) is 5.79. The van der Waals surface area contributed by atoms with Gasteiger partial charge in [-0.25, -0.2) is 0 Å². The van der Waals surface area contributed by atoms with Crippen LogP contribution in [0.1, 0.15) is 17.0 Å². The van der Waals surface area contributed by atoms with Crippen LogP contribution >= 0.6 is 0 Å². The average Bonchev–Trinajstić information content (AvgIpc) is 3.32. The molecular weight excluding hydrogens is 446 g/mol. The number of rotatable bonds is 4. The molecule has 1 heteroatoms. The van der Waals surface area contributed by atoms with Gasteiger partial charge in [-0.05, 0) is 63.2 Å². The van der Waals surface area contributed by atoms with Gasteiger partial charge in [-0.2, -0.15) is 0 Å². The van der Waals surface area contributed by atoms with Gasteiger partial charge in [0.2, 0.25) is 0 Å². The Morgan fingerprint density at radius 3 is 1.84 bits per heavy atom. The first-order chi connectivity index (χ1) is 18.3. The average molecular weight is 474 g/mol. The van der Waals surface area contributed by atoms with Crippen molar-refractivity contribution in [2.75, 3.05) is 4.90 Å². The summed E-state index contributed by atoms with van der Waals surface area (Å²) in [5.41, 5.74) is 11.4. The fourth-order valence-electron chi connectivity index (χ4n) is 5.79. The molecule has 0 bridgehead atoms. The van der Waals surface area contributed by atoms with E-state index in [1.54, 1.807) is 0 Å². The minimum absolute atomic E-state index is 0.236. The summed E-state index contributed by atoms with van der Waals surface area (Å²) < 4.78 is 0. The van der Waals surface area contributed by atoms with Crippen molar-refractivity contribution in [3.63, 3.8) is 0 Å². The third kappa shape index (κ3) is 3.90. The van der Waals surface area contributed by atoms with E-state index in [1.165, 1.54) is 50.3 Å². The molecule has 0 aromatic heterocycles. The van der Waals surface area contributed by atoms with Crippen LogP contribution < -0.4 is 4.90 Å². The molecule has 0 saturated heterocycles. The van der Waals surface area contributed by atoms with Crippen LogP contribution in [-0.4, -0.2) is 6.04 Å². The summed E-state index contributed by atoms with van der Waals surface area (Å²) in [4.78, 5) is 2.51. The number of para-hydroxylation sites is 1. The highest BCUT2D eigenvalue weighted by atomic mass is 15.2. The quantitative estimate of drug-likeness (QED) is 0.251. The highest BCUT2D eigenvalue weighted by molar-refractivity contribution is 5.84. The van der Waals surface area contributed by atoms with Crippen LogP contribution in [0.3, 0.4) is 0 Å². The van der Waals surface area contributed by atoms with Crippen LogP contribution in [0, 0.1) is 0 Å². The van der Waals surface area contributed by atoms with Crippen molar-refractivity contribution in [3.05, 3.63) is 163 Å². The molecule has 0 N–H and O–H groups in total. The summed E-state index contributed by atoms with van der Waals surface area (Å²) in [5.74, 6) is 0.339. The predicted octanol–water partition coefficient (Wildman–Crippen LogP) is 9.28. The highest BCUT2D eigenvalue weighted by Crippen LogP contribution is 2.49. The molecule has 5 aromatic carbocycles. The Kier molecular flexibility index (Phi) is 5.33. The standard InChI is InChI=1S/C36H27N/c1-3-10-26(11-4-1)28-18-21-32(22-19-28)37-35-17-8-7-16-33(35)34-23-20-31(25-36(34)37)30-15-9-14-29(24-30)27-12-5-2-6-13-27/h1-25,34,36H. The van der Waals surface area contributed by atoms with Crippen LogP contribution in [0.25, 0.3) is 27.8 Å². The highest BCUT2D eigenvalue weighted by Gasteiger charge is 2.38. The van der Waals surface area contributed by atoms with Gasteiger partial charge in [-0.1, -0.05) is 127 Å². The Bertz CT molecular complexity index is 1610. The van der Waals surface area contributed by atoms with E-state index in [0.717, 1.165) is 0 Å². The van der Waals surface area contributed by atoms with Gasteiger partial charge in [0, 0.05) is 17.3 Å². The van der Waals surface area contributed by atoms with Gasteiger partial charge in [-0.3, -0.25) is 0 Å². The molecular formula is C36H27N. The van der Waals surface area contributed by atoms with Gasteiger partial charge >= 0.3 is 0 Å². The van der Waals surface area contributed by atoms with Gasteiger partial charge in [-0.15, -0.1) is 0 Å². The number of allylic oxidation sites excluding steroid dienone is 2. The number of benzene rings is 5. The van der Waals surface area contributed by atoms with E-state index >= 15 is 0 Å². The number of fused-ring (bicyclic) bond motifs is 3. The fraction of sp³-hybridized carbons (Fsp3) is 0.0556. The molecule has 0 spiro atoms. The van der Waals surface area contributed by atoms with Crippen molar-refractivity contribution < 1.29 is 0 Å². The largest absolute Gasteiger partial charge is 0.333 e. The van der Waals surface area contributed by atoms with Crippen molar-refractivity contribution in [2.24, 2.45) is 0 Å². The topological polar surface area (TPSA) is 3.24 Å². The zero-order chi connectivity index (χ0) is 24.6. The zero-order valence-corrected chi connectivity index (χ0v) is 20.5. The Balaban J connectivity index is 1.27. The maximum atomic E-state index is 2.51. The van der Waals surface area contributed by atoms with Crippen molar-refractivity contribution in [1.29, 1.82) is 0 Å². The van der Waals surface area contributed by atoms with E-state index in [1.807, 2.05) is 0 Å². The van der Waals surface area contributed by atoms with Crippen LogP contribution in [0.5, 0.6) is 0 Å². The van der Waals surface area contributed by atoms with Gasteiger partial charge in [0.1, 0.15) is 0 Å².